The van der Waals surface area contributed by atoms with Gasteiger partial charge in [0.1, 0.15) is 5.75 Å². The molecule has 2 aromatic rings. The summed E-state index contributed by atoms with van der Waals surface area (Å²) in [7, 11) is 1.57. The van der Waals surface area contributed by atoms with E-state index in [0.717, 1.165) is 25.1 Å². The Hall–Kier alpha value is -2.04. The Labute approximate surface area is 153 Å². The zero-order valence-corrected chi connectivity index (χ0v) is 15.6. The van der Waals surface area contributed by atoms with Gasteiger partial charge >= 0.3 is 0 Å². The van der Waals surface area contributed by atoms with Crippen molar-refractivity contribution in [2.24, 2.45) is 0 Å². The van der Waals surface area contributed by atoms with Crippen molar-refractivity contribution in [2.75, 3.05) is 19.0 Å². The van der Waals surface area contributed by atoms with Crippen molar-refractivity contribution in [3.63, 3.8) is 0 Å². The number of aryl methyl sites for hydroxylation is 1. The van der Waals surface area contributed by atoms with E-state index in [9.17, 15) is 4.79 Å². The highest BCUT2D eigenvalue weighted by Crippen LogP contribution is 2.31. The van der Waals surface area contributed by atoms with E-state index in [2.05, 4.69) is 34.5 Å². The molecule has 1 amide bonds. The number of anilines is 1. The largest absolute Gasteiger partial charge is 0.495 e. The molecular weight excluding hydrogens is 336 g/mol. The molecule has 1 aliphatic rings. The molecule has 132 valence electrons. The maximum Gasteiger partial charge on any atom is 0.241 e. The van der Waals surface area contributed by atoms with E-state index >= 15 is 0 Å². The van der Waals surface area contributed by atoms with E-state index in [-0.39, 0.29) is 11.9 Å². The van der Waals surface area contributed by atoms with E-state index in [0.29, 0.717) is 16.5 Å². The summed E-state index contributed by atoms with van der Waals surface area (Å²) in [6, 6.07) is 11.8. The highest BCUT2D eigenvalue weighted by atomic mass is 35.5. The second-order valence-corrected chi connectivity index (χ2v) is 6.86. The minimum Gasteiger partial charge on any atom is -0.495 e. The van der Waals surface area contributed by atoms with Crippen molar-refractivity contribution in [3.05, 3.63) is 58.1 Å². The molecule has 0 bridgehead atoms. The molecule has 0 saturated heterocycles. The fourth-order valence-electron chi connectivity index (χ4n) is 3.18. The van der Waals surface area contributed by atoms with Gasteiger partial charge in [0.15, 0.2) is 0 Å². The molecule has 5 heteroatoms. The number of benzene rings is 2. The molecule has 0 unspecified atom stereocenters. The number of hydrogen-bond acceptors (Lipinski definition) is 3. The molecule has 0 aromatic heterocycles. The quantitative estimate of drug-likeness (QED) is 0.896. The summed E-state index contributed by atoms with van der Waals surface area (Å²) >= 11 is 6.13. The number of halogens is 1. The fraction of sp³-hybridized carbons (Fsp3) is 0.350. The number of ether oxygens (including phenoxy) is 1. The van der Waals surface area contributed by atoms with Gasteiger partial charge in [-0.3, -0.25) is 9.69 Å². The summed E-state index contributed by atoms with van der Waals surface area (Å²) in [4.78, 5) is 14.9. The summed E-state index contributed by atoms with van der Waals surface area (Å²) in [6.45, 7) is 5.52. The highest BCUT2D eigenvalue weighted by Gasteiger charge is 2.25. The standard InChI is InChI=1S/C20H23ClN2O2/c1-13-10-18(19(25-3)11-17(13)21)22-20(24)14(2)23-9-8-15-6-4-5-7-16(15)12-23/h4-7,10-11,14H,8-9,12H2,1-3H3,(H,22,24)/t14-/m1/s1. The van der Waals surface area contributed by atoms with Gasteiger partial charge in [0.05, 0.1) is 18.8 Å². The minimum absolute atomic E-state index is 0.0422. The van der Waals surface area contributed by atoms with Gasteiger partial charge in [-0.25, -0.2) is 0 Å². The average Bonchev–Trinajstić information content (AvgIpc) is 2.63. The number of hydrogen-bond donors (Lipinski definition) is 1. The third kappa shape index (κ3) is 3.80. The normalized spacial score (nSPS) is 15.4. The number of nitrogens with zero attached hydrogens (tertiary/aromatic N) is 1. The number of carbonyl (C=O) groups is 1. The van der Waals surface area contributed by atoms with Crippen LogP contribution in [0, 0.1) is 6.92 Å². The Morgan fingerprint density at radius 1 is 1.28 bits per heavy atom. The summed E-state index contributed by atoms with van der Waals surface area (Å²) in [5.41, 5.74) is 4.23. The predicted molar refractivity (Wildman–Crippen MR) is 101 cm³/mol. The molecule has 1 atom stereocenters. The lowest BCUT2D eigenvalue weighted by atomic mass is 9.98. The molecule has 0 saturated carbocycles. The molecule has 1 aliphatic heterocycles. The SMILES string of the molecule is COc1cc(Cl)c(C)cc1NC(=O)[C@@H](C)N1CCc2ccccc2C1. The second kappa shape index (κ2) is 7.46. The Bertz CT molecular complexity index is 791. The van der Waals surface area contributed by atoms with Crippen LogP contribution in [0.3, 0.4) is 0 Å². The zero-order valence-electron chi connectivity index (χ0n) is 14.8. The average molecular weight is 359 g/mol. The van der Waals surface area contributed by atoms with Crippen molar-refractivity contribution in [2.45, 2.75) is 32.9 Å². The summed E-state index contributed by atoms with van der Waals surface area (Å²) in [5.74, 6) is 0.527. The van der Waals surface area contributed by atoms with Gasteiger partial charge in [0.25, 0.3) is 0 Å². The smallest absolute Gasteiger partial charge is 0.241 e. The lowest BCUT2D eigenvalue weighted by molar-refractivity contribution is -0.121. The van der Waals surface area contributed by atoms with Gasteiger partial charge in [-0.1, -0.05) is 35.9 Å². The summed E-state index contributed by atoms with van der Waals surface area (Å²) < 4.78 is 5.34. The van der Waals surface area contributed by atoms with Crippen molar-refractivity contribution >= 4 is 23.2 Å². The van der Waals surface area contributed by atoms with Gasteiger partial charge in [0, 0.05) is 24.2 Å². The first-order valence-electron chi connectivity index (χ1n) is 8.45. The maximum absolute atomic E-state index is 12.7. The van der Waals surface area contributed by atoms with Gasteiger partial charge in [-0.05, 0) is 43.0 Å². The fourth-order valence-corrected chi connectivity index (χ4v) is 3.33. The van der Waals surface area contributed by atoms with Crippen LogP contribution in [0.4, 0.5) is 5.69 Å². The summed E-state index contributed by atoms with van der Waals surface area (Å²) in [5, 5.41) is 3.61. The number of carbonyl (C=O) groups excluding carboxylic acids is 1. The van der Waals surface area contributed by atoms with Crippen LogP contribution < -0.4 is 10.1 Å². The van der Waals surface area contributed by atoms with Crippen LogP contribution >= 0.6 is 11.6 Å². The molecule has 0 aliphatic carbocycles. The monoisotopic (exact) mass is 358 g/mol. The van der Waals surface area contributed by atoms with Crippen molar-refractivity contribution in [1.82, 2.24) is 4.90 Å². The number of fused-ring (bicyclic) bond motifs is 1. The van der Waals surface area contributed by atoms with Crippen LogP contribution in [0.15, 0.2) is 36.4 Å². The van der Waals surface area contributed by atoms with Crippen LogP contribution in [-0.2, 0) is 17.8 Å². The van der Waals surface area contributed by atoms with Crippen LogP contribution in [-0.4, -0.2) is 30.5 Å². The molecule has 0 fully saturated rings. The van der Waals surface area contributed by atoms with E-state index < -0.39 is 0 Å². The first kappa shape index (κ1) is 17.8. The first-order valence-corrected chi connectivity index (χ1v) is 8.83. The number of nitrogens with one attached hydrogen (secondary N) is 1. The van der Waals surface area contributed by atoms with Crippen LogP contribution in [0.5, 0.6) is 5.75 Å². The topological polar surface area (TPSA) is 41.6 Å². The van der Waals surface area contributed by atoms with E-state index in [1.165, 1.54) is 11.1 Å². The van der Waals surface area contributed by atoms with Crippen molar-refractivity contribution in [1.29, 1.82) is 0 Å². The molecule has 0 spiro atoms. The molecular formula is C20H23ClN2O2. The third-order valence-corrected chi connectivity index (χ3v) is 5.23. The lowest BCUT2D eigenvalue weighted by Crippen LogP contribution is -2.44. The van der Waals surface area contributed by atoms with Gasteiger partial charge in [-0.2, -0.15) is 0 Å². The minimum atomic E-state index is -0.228. The molecule has 3 rings (SSSR count). The molecule has 2 aromatic carbocycles. The van der Waals surface area contributed by atoms with Gasteiger partial charge < -0.3 is 10.1 Å². The Kier molecular flexibility index (Phi) is 5.30. The van der Waals surface area contributed by atoms with E-state index in [1.54, 1.807) is 13.2 Å². The second-order valence-electron chi connectivity index (χ2n) is 6.46. The molecule has 0 radical (unpaired) electrons. The third-order valence-electron chi connectivity index (χ3n) is 4.83. The van der Waals surface area contributed by atoms with E-state index in [4.69, 9.17) is 16.3 Å². The number of amides is 1. The Morgan fingerprint density at radius 3 is 2.72 bits per heavy atom. The predicted octanol–water partition coefficient (Wildman–Crippen LogP) is 4.04. The number of rotatable bonds is 4. The van der Waals surface area contributed by atoms with Crippen LogP contribution in [0.2, 0.25) is 5.02 Å². The lowest BCUT2D eigenvalue weighted by Gasteiger charge is -2.33. The zero-order chi connectivity index (χ0) is 18.0. The van der Waals surface area contributed by atoms with Crippen molar-refractivity contribution in [3.8, 4) is 5.75 Å². The van der Waals surface area contributed by atoms with Gasteiger partial charge in [0.2, 0.25) is 5.91 Å². The number of methoxy groups -OCH3 is 1. The molecule has 1 N–H and O–H groups in total. The van der Waals surface area contributed by atoms with Crippen LogP contribution in [0.25, 0.3) is 0 Å². The van der Waals surface area contributed by atoms with Crippen LogP contribution in [0.1, 0.15) is 23.6 Å². The van der Waals surface area contributed by atoms with E-state index in [1.807, 2.05) is 19.9 Å². The maximum atomic E-state index is 12.7. The highest BCUT2D eigenvalue weighted by molar-refractivity contribution is 6.31. The Balaban J connectivity index is 1.73. The van der Waals surface area contributed by atoms with Crippen molar-refractivity contribution < 1.29 is 9.53 Å². The molecule has 4 nitrogen and oxygen atoms in total. The summed E-state index contributed by atoms with van der Waals surface area (Å²) in [6.07, 6.45) is 0.969. The first-order chi connectivity index (χ1) is 12.0. The Morgan fingerprint density at radius 2 is 2.00 bits per heavy atom. The van der Waals surface area contributed by atoms with Gasteiger partial charge in [-0.15, -0.1) is 0 Å². The molecule has 25 heavy (non-hydrogen) atoms. The molecule has 1 heterocycles.